The third-order valence-corrected chi connectivity index (χ3v) is 13.6. The van der Waals surface area contributed by atoms with E-state index in [1.54, 1.807) is 0 Å². The van der Waals surface area contributed by atoms with E-state index in [0.29, 0.717) is 0 Å². The molecular formula is C63H46N2. The standard InChI is InChI=1S/C63H46N2/c1-63(2)57-23-11-9-22-56(57)62-58(63)24-14-26-60(62)65-59-25-12-10-21-54(59)55-40-33-50(42-61(55)65)49-20-13-19-48(41-49)47-31-38-53(39-32-47)64(51-34-27-45(28-35-51)43-15-5-3-6-16-43)52-36-29-46(30-37-52)44-17-7-4-8-18-44/h3-42H,1-2H3. The zero-order valence-electron chi connectivity index (χ0n) is 36.5. The molecule has 308 valence electrons. The molecule has 0 saturated heterocycles. The molecule has 0 amide bonds. The molecule has 0 saturated carbocycles. The van der Waals surface area contributed by atoms with Gasteiger partial charge in [0.25, 0.3) is 0 Å². The van der Waals surface area contributed by atoms with E-state index in [1.807, 2.05) is 0 Å². The Hall–Kier alpha value is -8.20. The number of anilines is 3. The van der Waals surface area contributed by atoms with Gasteiger partial charge in [0.15, 0.2) is 0 Å². The van der Waals surface area contributed by atoms with Crippen molar-refractivity contribution < 1.29 is 0 Å². The minimum absolute atomic E-state index is 0.0783. The van der Waals surface area contributed by atoms with E-state index < -0.39 is 0 Å². The first kappa shape index (κ1) is 38.5. The van der Waals surface area contributed by atoms with Crippen LogP contribution < -0.4 is 4.90 Å². The number of benzene rings is 10. The highest BCUT2D eigenvalue weighted by Gasteiger charge is 2.37. The molecule has 0 bridgehead atoms. The number of rotatable bonds is 8. The topological polar surface area (TPSA) is 8.17 Å². The summed E-state index contributed by atoms with van der Waals surface area (Å²) in [5.41, 5.74) is 21.9. The lowest BCUT2D eigenvalue weighted by atomic mass is 9.82. The molecule has 2 nitrogen and oxygen atoms in total. The third kappa shape index (κ3) is 6.57. The summed E-state index contributed by atoms with van der Waals surface area (Å²) in [5.74, 6) is 0. The normalized spacial score (nSPS) is 12.6. The lowest BCUT2D eigenvalue weighted by Crippen LogP contribution is -2.14. The van der Waals surface area contributed by atoms with Crippen LogP contribution in [0.1, 0.15) is 25.0 Å². The van der Waals surface area contributed by atoms with Gasteiger partial charge in [-0.2, -0.15) is 0 Å². The van der Waals surface area contributed by atoms with Crippen LogP contribution >= 0.6 is 0 Å². The number of hydrogen-bond donors (Lipinski definition) is 0. The highest BCUT2D eigenvalue weighted by molar-refractivity contribution is 6.11. The Labute approximate surface area is 381 Å². The molecule has 0 aliphatic heterocycles. The number of fused-ring (bicyclic) bond motifs is 6. The van der Waals surface area contributed by atoms with Crippen molar-refractivity contribution in [2.75, 3.05) is 4.90 Å². The van der Waals surface area contributed by atoms with Crippen LogP contribution in [0.5, 0.6) is 0 Å². The fourth-order valence-corrected chi connectivity index (χ4v) is 10.3. The van der Waals surface area contributed by atoms with Crippen molar-refractivity contribution in [3.8, 4) is 61.3 Å². The highest BCUT2D eigenvalue weighted by atomic mass is 15.1. The maximum atomic E-state index is 2.50. The minimum Gasteiger partial charge on any atom is -0.311 e. The Morgan fingerprint density at radius 2 is 0.754 bits per heavy atom. The molecule has 1 heterocycles. The van der Waals surface area contributed by atoms with Crippen LogP contribution in [0.4, 0.5) is 17.1 Å². The van der Waals surface area contributed by atoms with E-state index in [0.717, 1.165) is 17.1 Å². The second-order valence-electron chi connectivity index (χ2n) is 17.7. The quantitative estimate of drug-likeness (QED) is 0.148. The van der Waals surface area contributed by atoms with Crippen molar-refractivity contribution in [3.63, 3.8) is 0 Å². The van der Waals surface area contributed by atoms with Gasteiger partial charge in [0.2, 0.25) is 0 Å². The summed E-state index contributed by atoms with van der Waals surface area (Å²) in [5, 5.41) is 2.52. The van der Waals surface area contributed by atoms with Crippen molar-refractivity contribution in [3.05, 3.63) is 254 Å². The monoisotopic (exact) mass is 830 g/mol. The summed E-state index contributed by atoms with van der Waals surface area (Å²) in [4.78, 5) is 2.35. The fourth-order valence-electron chi connectivity index (χ4n) is 10.3. The SMILES string of the molecule is CC1(C)c2ccccc2-c2c(-n3c4ccccc4c4ccc(-c5cccc(-c6ccc(N(c7ccc(-c8ccccc8)cc7)c7ccc(-c8ccccc8)cc7)cc6)c5)cc43)cccc21. The molecule has 0 atom stereocenters. The average molecular weight is 831 g/mol. The van der Waals surface area contributed by atoms with E-state index >= 15 is 0 Å². The van der Waals surface area contributed by atoms with Crippen LogP contribution in [0.3, 0.4) is 0 Å². The Bertz CT molecular complexity index is 3440. The van der Waals surface area contributed by atoms with Crippen molar-refractivity contribution in [2.24, 2.45) is 0 Å². The molecule has 0 radical (unpaired) electrons. The van der Waals surface area contributed by atoms with Crippen molar-refractivity contribution in [1.82, 2.24) is 4.57 Å². The van der Waals surface area contributed by atoms with Crippen LogP contribution in [0, 0.1) is 0 Å². The number of hydrogen-bond acceptors (Lipinski definition) is 1. The predicted octanol–water partition coefficient (Wildman–Crippen LogP) is 17.2. The molecule has 12 rings (SSSR count). The summed E-state index contributed by atoms with van der Waals surface area (Å²) in [6.07, 6.45) is 0. The van der Waals surface area contributed by atoms with Gasteiger partial charge in [-0.3, -0.25) is 0 Å². The van der Waals surface area contributed by atoms with Crippen LogP contribution in [0.2, 0.25) is 0 Å². The molecule has 1 aliphatic rings. The van der Waals surface area contributed by atoms with Gasteiger partial charge in [0.1, 0.15) is 0 Å². The molecule has 0 fully saturated rings. The first-order valence-electron chi connectivity index (χ1n) is 22.6. The van der Waals surface area contributed by atoms with Gasteiger partial charge in [-0.05, 0) is 122 Å². The summed E-state index contributed by atoms with van der Waals surface area (Å²) >= 11 is 0. The van der Waals surface area contributed by atoms with Crippen molar-refractivity contribution in [2.45, 2.75) is 19.3 Å². The predicted molar refractivity (Wildman–Crippen MR) is 275 cm³/mol. The van der Waals surface area contributed by atoms with E-state index in [-0.39, 0.29) is 5.41 Å². The Morgan fingerprint density at radius 3 is 1.38 bits per heavy atom. The molecule has 0 N–H and O–H groups in total. The first-order chi connectivity index (χ1) is 32.0. The number of aromatic nitrogens is 1. The lowest BCUT2D eigenvalue weighted by molar-refractivity contribution is 0.660. The van der Waals surface area contributed by atoms with Crippen LogP contribution in [-0.2, 0) is 5.41 Å². The lowest BCUT2D eigenvalue weighted by Gasteiger charge is -2.26. The highest BCUT2D eigenvalue weighted by Crippen LogP contribution is 2.52. The van der Waals surface area contributed by atoms with Gasteiger partial charge in [-0.15, -0.1) is 0 Å². The molecule has 1 aromatic heterocycles. The summed E-state index contributed by atoms with van der Waals surface area (Å²) in [6, 6.07) is 88.6. The molecular weight excluding hydrogens is 785 g/mol. The van der Waals surface area contributed by atoms with Gasteiger partial charge in [0.05, 0.1) is 16.7 Å². The Kier molecular flexibility index (Phi) is 9.21. The second-order valence-corrected chi connectivity index (χ2v) is 17.7. The zero-order chi connectivity index (χ0) is 43.5. The van der Waals surface area contributed by atoms with E-state index in [9.17, 15) is 0 Å². The second kappa shape index (κ2) is 15.6. The van der Waals surface area contributed by atoms with Gasteiger partial charge in [-0.25, -0.2) is 0 Å². The number of nitrogens with zero attached hydrogens (tertiary/aromatic N) is 2. The molecule has 0 unspecified atom stereocenters. The molecule has 1 aliphatic carbocycles. The molecule has 11 aromatic rings. The minimum atomic E-state index is -0.0783. The molecule has 65 heavy (non-hydrogen) atoms. The Morgan fingerprint density at radius 1 is 0.323 bits per heavy atom. The van der Waals surface area contributed by atoms with Gasteiger partial charge < -0.3 is 9.47 Å². The number of para-hydroxylation sites is 1. The van der Waals surface area contributed by atoms with E-state index in [4.69, 9.17) is 0 Å². The molecule has 2 heteroatoms. The average Bonchev–Trinajstić information content (AvgIpc) is 3.83. The van der Waals surface area contributed by atoms with E-state index in [2.05, 4.69) is 266 Å². The van der Waals surface area contributed by atoms with Crippen LogP contribution in [0.25, 0.3) is 83.1 Å². The summed E-state index contributed by atoms with van der Waals surface area (Å²) in [7, 11) is 0. The van der Waals surface area contributed by atoms with Crippen molar-refractivity contribution >= 4 is 38.9 Å². The first-order valence-corrected chi connectivity index (χ1v) is 22.6. The van der Waals surface area contributed by atoms with E-state index in [1.165, 1.54) is 94.3 Å². The van der Waals surface area contributed by atoms with Crippen LogP contribution in [0.15, 0.2) is 243 Å². The Balaban J connectivity index is 0.916. The van der Waals surface area contributed by atoms with Crippen LogP contribution in [-0.4, -0.2) is 4.57 Å². The van der Waals surface area contributed by atoms with Gasteiger partial charge >= 0.3 is 0 Å². The van der Waals surface area contributed by atoms with Gasteiger partial charge in [-0.1, -0.05) is 196 Å². The zero-order valence-corrected chi connectivity index (χ0v) is 36.5. The maximum Gasteiger partial charge on any atom is 0.0547 e. The third-order valence-electron chi connectivity index (χ3n) is 13.6. The van der Waals surface area contributed by atoms with Crippen molar-refractivity contribution in [1.29, 1.82) is 0 Å². The maximum absolute atomic E-state index is 2.50. The largest absolute Gasteiger partial charge is 0.311 e. The smallest absolute Gasteiger partial charge is 0.0547 e. The summed E-state index contributed by atoms with van der Waals surface area (Å²) < 4.78 is 2.50. The molecule has 10 aromatic carbocycles. The molecule has 0 spiro atoms. The fraction of sp³-hybridized carbons (Fsp3) is 0.0476. The summed E-state index contributed by atoms with van der Waals surface area (Å²) in [6.45, 7) is 4.72. The van der Waals surface area contributed by atoms with Gasteiger partial charge in [0, 0.05) is 38.8 Å².